The zero-order valence-electron chi connectivity index (χ0n) is 32.5. The minimum absolute atomic E-state index is 0.105. The predicted molar refractivity (Wildman–Crippen MR) is 202 cm³/mol. The molecule has 9 atom stereocenters. The van der Waals surface area contributed by atoms with Gasteiger partial charge in [-0.1, -0.05) is 124 Å². The molecule has 0 heterocycles. The molecule has 2 heteroatoms. The SMILES string of the molecule is CCCCCCCC/C=C\CCCCCCCC(=O)OC1CCC[C@H]2CC[C@H]3[C@@H]4CC[C@H]([C@H](C)CCCC(C)C)[C@@]4(C)CC[C@@H]3[C@@]12C. The van der Waals surface area contributed by atoms with Gasteiger partial charge in [0.15, 0.2) is 0 Å². The van der Waals surface area contributed by atoms with Gasteiger partial charge in [-0.15, -0.1) is 0 Å². The lowest BCUT2D eigenvalue weighted by Gasteiger charge is -2.62. The van der Waals surface area contributed by atoms with E-state index in [-0.39, 0.29) is 17.5 Å². The first-order valence-corrected chi connectivity index (χ1v) is 21.6. The molecule has 272 valence electrons. The summed E-state index contributed by atoms with van der Waals surface area (Å²) in [7, 11) is 0. The molecule has 2 nitrogen and oxygen atoms in total. The van der Waals surface area contributed by atoms with E-state index in [4.69, 9.17) is 4.74 Å². The molecule has 0 N–H and O–H groups in total. The number of ether oxygens (including phenoxy) is 1. The van der Waals surface area contributed by atoms with Gasteiger partial charge in [0, 0.05) is 11.8 Å². The molecule has 0 amide bonds. The lowest BCUT2D eigenvalue weighted by atomic mass is 9.44. The molecule has 4 rings (SSSR count). The van der Waals surface area contributed by atoms with Crippen molar-refractivity contribution in [2.75, 3.05) is 0 Å². The minimum Gasteiger partial charge on any atom is -0.462 e. The molecule has 0 saturated heterocycles. The van der Waals surface area contributed by atoms with Crippen molar-refractivity contribution in [2.45, 2.75) is 215 Å². The first-order chi connectivity index (χ1) is 22.7. The van der Waals surface area contributed by atoms with Crippen LogP contribution in [0, 0.1) is 52.3 Å². The zero-order chi connectivity index (χ0) is 33.7. The van der Waals surface area contributed by atoms with E-state index < -0.39 is 0 Å². The summed E-state index contributed by atoms with van der Waals surface area (Å²) in [5.74, 6) is 5.98. The Morgan fingerprint density at radius 2 is 1.40 bits per heavy atom. The van der Waals surface area contributed by atoms with Crippen LogP contribution in [0.3, 0.4) is 0 Å². The number of fused-ring (bicyclic) bond motifs is 5. The number of carbonyl (C=O) groups excluding carboxylic acids is 1. The summed E-state index contributed by atoms with van der Waals surface area (Å²) >= 11 is 0. The molecule has 1 unspecified atom stereocenters. The highest BCUT2D eigenvalue weighted by atomic mass is 16.5. The number of allylic oxidation sites excluding steroid dienone is 2. The Bertz CT molecular complexity index is 921. The summed E-state index contributed by atoms with van der Waals surface area (Å²) in [6, 6.07) is 0. The van der Waals surface area contributed by atoms with Crippen LogP contribution in [0.15, 0.2) is 12.2 Å². The second-order valence-corrected chi connectivity index (χ2v) is 18.3. The van der Waals surface area contributed by atoms with Crippen LogP contribution in [0.2, 0.25) is 0 Å². The van der Waals surface area contributed by atoms with E-state index in [0.717, 1.165) is 54.3 Å². The lowest BCUT2D eigenvalue weighted by Crippen LogP contribution is -2.58. The van der Waals surface area contributed by atoms with E-state index in [2.05, 4.69) is 53.7 Å². The second-order valence-electron chi connectivity index (χ2n) is 18.3. The van der Waals surface area contributed by atoms with Crippen molar-refractivity contribution in [3.05, 3.63) is 12.2 Å². The van der Waals surface area contributed by atoms with E-state index >= 15 is 0 Å². The van der Waals surface area contributed by atoms with Crippen LogP contribution < -0.4 is 0 Å². The Labute approximate surface area is 293 Å². The zero-order valence-corrected chi connectivity index (χ0v) is 32.5. The van der Waals surface area contributed by atoms with Gasteiger partial charge in [-0.25, -0.2) is 0 Å². The molecule has 0 spiro atoms. The Balaban J connectivity index is 1.18. The van der Waals surface area contributed by atoms with Crippen molar-refractivity contribution in [1.82, 2.24) is 0 Å². The second kappa shape index (κ2) is 19.6. The van der Waals surface area contributed by atoms with Gasteiger partial charge in [0.05, 0.1) is 0 Å². The Morgan fingerprint density at radius 3 is 2.11 bits per heavy atom. The van der Waals surface area contributed by atoms with Gasteiger partial charge in [0.2, 0.25) is 0 Å². The monoisotopic (exact) mass is 653 g/mol. The van der Waals surface area contributed by atoms with E-state index in [1.54, 1.807) is 0 Å². The van der Waals surface area contributed by atoms with Gasteiger partial charge in [0.25, 0.3) is 0 Å². The lowest BCUT2D eigenvalue weighted by molar-refractivity contribution is -0.192. The van der Waals surface area contributed by atoms with Gasteiger partial charge in [-0.05, 0) is 137 Å². The highest BCUT2D eigenvalue weighted by Crippen LogP contribution is 2.68. The fraction of sp³-hybridized carbons (Fsp3) is 0.933. The van der Waals surface area contributed by atoms with Crippen LogP contribution in [-0.4, -0.2) is 12.1 Å². The van der Waals surface area contributed by atoms with Gasteiger partial charge in [0.1, 0.15) is 6.10 Å². The quantitative estimate of drug-likeness (QED) is 0.0700. The standard InChI is InChI=1S/C45H80O2/c1-7-8-9-10-11-12-13-14-15-16-17-18-19-20-21-28-43(46)47-42-27-23-26-37-29-30-38-40-32-31-39(36(4)25-22-24-35(2)3)44(40,5)34-33-41(38)45(37,42)6/h14-15,35-42H,7-13,16-34H2,1-6H3/b15-14-/t36-,37+,38+,39-,40+,41+,42?,44-,45+/m1/s1. The molecule has 4 aliphatic rings. The van der Waals surface area contributed by atoms with Gasteiger partial charge >= 0.3 is 5.97 Å². The van der Waals surface area contributed by atoms with Crippen LogP contribution in [0.1, 0.15) is 208 Å². The van der Waals surface area contributed by atoms with Crippen LogP contribution in [0.25, 0.3) is 0 Å². The number of carbonyl (C=O) groups is 1. The average molecular weight is 653 g/mol. The van der Waals surface area contributed by atoms with Gasteiger partial charge < -0.3 is 4.74 Å². The number of esters is 1. The van der Waals surface area contributed by atoms with Crippen molar-refractivity contribution < 1.29 is 9.53 Å². The molecule has 0 aromatic carbocycles. The summed E-state index contributed by atoms with van der Waals surface area (Å²) in [6.45, 7) is 14.9. The van der Waals surface area contributed by atoms with Crippen molar-refractivity contribution in [3.63, 3.8) is 0 Å². The van der Waals surface area contributed by atoms with Crippen molar-refractivity contribution in [2.24, 2.45) is 52.3 Å². The van der Waals surface area contributed by atoms with Crippen molar-refractivity contribution in [1.29, 1.82) is 0 Å². The maximum absolute atomic E-state index is 13.3. The summed E-state index contributed by atoms with van der Waals surface area (Å²) in [5, 5.41) is 0. The highest BCUT2D eigenvalue weighted by molar-refractivity contribution is 5.69. The molecule has 4 saturated carbocycles. The first kappa shape index (κ1) is 39.0. The highest BCUT2D eigenvalue weighted by Gasteiger charge is 2.62. The van der Waals surface area contributed by atoms with Gasteiger partial charge in [-0.3, -0.25) is 4.79 Å². The molecular weight excluding hydrogens is 572 g/mol. The molecular formula is C45H80O2. The average Bonchev–Trinajstić information content (AvgIpc) is 3.40. The fourth-order valence-corrected chi connectivity index (χ4v) is 12.1. The number of hydrogen-bond acceptors (Lipinski definition) is 2. The maximum Gasteiger partial charge on any atom is 0.306 e. The summed E-state index contributed by atoms with van der Waals surface area (Å²) < 4.78 is 6.54. The number of rotatable bonds is 21. The summed E-state index contributed by atoms with van der Waals surface area (Å²) in [4.78, 5) is 13.3. The van der Waals surface area contributed by atoms with Crippen LogP contribution in [0.4, 0.5) is 0 Å². The number of unbranched alkanes of at least 4 members (excludes halogenated alkanes) is 11. The predicted octanol–water partition coefficient (Wildman–Crippen LogP) is 14.1. The minimum atomic E-state index is 0.105. The molecule has 0 aromatic rings. The molecule has 4 fully saturated rings. The van der Waals surface area contributed by atoms with Crippen LogP contribution in [0.5, 0.6) is 0 Å². The van der Waals surface area contributed by atoms with E-state index in [9.17, 15) is 4.79 Å². The molecule has 47 heavy (non-hydrogen) atoms. The fourth-order valence-electron chi connectivity index (χ4n) is 12.1. The number of hydrogen-bond donors (Lipinski definition) is 0. The van der Waals surface area contributed by atoms with Crippen molar-refractivity contribution >= 4 is 5.97 Å². The molecule has 0 aliphatic heterocycles. The summed E-state index contributed by atoms with van der Waals surface area (Å²) in [5.41, 5.74) is 0.730. The molecule has 0 radical (unpaired) electrons. The van der Waals surface area contributed by atoms with E-state index in [1.807, 2.05) is 0 Å². The smallest absolute Gasteiger partial charge is 0.306 e. The normalized spacial score (nSPS) is 34.3. The molecule has 0 aromatic heterocycles. The molecule has 0 bridgehead atoms. The third kappa shape index (κ3) is 10.4. The topological polar surface area (TPSA) is 26.3 Å². The van der Waals surface area contributed by atoms with E-state index in [1.165, 1.54) is 148 Å². The first-order valence-electron chi connectivity index (χ1n) is 21.6. The Hall–Kier alpha value is -0.790. The van der Waals surface area contributed by atoms with E-state index in [0.29, 0.717) is 11.8 Å². The third-order valence-corrected chi connectivity index (χ3v) is 14.8. The van der Waals surface area contributed by atoms with Crippen LogP contribution in [-0.2, 0) is 9.53 Å². The Morgan fingerprint density at radius 1 is 0.723 bits per heavy atom. The Kier molecular flexibility index (Phi) is 16.2. The third-order valence-electron chi connectivity index (χ3n) is 14.8. The van der Waals surface area contributed by atoms with Crippen molar-refractivity contribution in [3.8, 4) is 0 Å². The molecule has 4 aliphatic carbocycles. The largest absolute Gasteiger partial charge is 0.462 e. The maximum atomic E-state index is 13.3. The summed E-state index contributed by atoms with van der Waals surface area (Å²) in [6.07, 6.45) is 38.9. The van der Waals surface area contributed by atoms with Gasteiger partial charge in [-0.2, -0.15) is 0 Å². The van der Waals surface area contributed by atoms with Crippen LogP contribution >= 0.6 is 0 Å².